The molecule has 0 saturated carbocycles. The van der Waals surface area contributed by atoms with E-state index in [2.05, 4.69) is 22.0 Å². The van der Waals surface area contributed by atoms with Gasteiger partial charge in [0.2, 0.25) is 5.91 Å². The fraction of sp³-hybridized carbons (Fsp3) is 0.304. The van der Waals surface area contributed by atoms with E-state index >= 15 is 0 Å². The van der Waals surface area contributed by atoms with Gasteiger partial charge in [-0.3, -0.25) is 4.79 Å². The zero-order valence-corrected chi connectivity index (χ0v) is 17.7. The number of anilines is 1. The standard InChI is InChI=1S/C23H25ClN4O2/c1-26-16-17(20-8-2-3-9-21(20)26)14-22(29)27-10-5-11-28(13-12-27)23(30)25-19-7-4-6-18(24)15-19/h2-4,6-9,15-16H,5,10-14H2,1H3,(H,25,30). The fourth-order valence-electron chi connectivity index (χ4n) is 3.98. The summed E-state index contributed by atoms with van der Waals surface area (Å²) in [5, 5.41) is 4.58. The number of halogens is 1. The third-order valence-electron chi connectivity index (χ3n) is 5.53. The third-order valence-corrected chi connectivity index (χ3v) is 5.77. The van der Waals surface area contributed by atoms with Crippen LogP contribution in [0, 0.1) is 0 Å². The maximum atomic E-state index is 13.0. The Hall–Kier alpha value is -2.99. The van der Waals surface area contributed by atoms with E-state index < -0.39 is 0 Å². The molecule has 3 aromatic rings. The Morgan fingerprint density at radius 3 is 2.60 bits per heavy atom. The van der Waals surface area contributed by atoms with Crippen LogP contribution < -0.4 is 5.32 Å². The largest absolute Gasteiger partial charge is 0.350 e. The summed E-state index contributed by atoms with van der Waals surface area (Å²) in [6.45, 7) is 2.31. The first-order chi connectivity index (χ1) is 14.5. The van der Waals surface area contributed by atoms with E-state index in [-0.39, 0.29) is 11.9 Å². The molecule has 6 nitrogen and oxygen atoms in total. The van der Waals surface area contributed by atoms with E-state index in [1.165, 1.54) is 0 Å². The number of aromatic nitrogens is 1. The second-order valence-corrected chi connectivity index (χ2v) is 8.06. The van der Waals surface area contributed by atoms with Gasteiger partial charge in [-0.2, -0.15) is 0 Å². The molecule has 2 aromatic carbocycles. The number of urea groups is 1. The summed E-state index contributed by atoms with van der Waals surface area (Å²) in [5.41, 5.74) is 2.83. The molecule has 1 aromatic heterocycles. The van der Waals surface area contributed by atoms with E-state index in [0.717, 1.165) is 22.9 Å². The Kier molecular flexibility index (Phi) is 5.95. The van der Waals surface area contributed by atoms with Gasteiger partial charge in [-0.15, -0.1) is 0 Å². The molecule has 1 aliphatic heterocycles. The number of hydrogen-bond donors (Lipinski definition) is 1. The first-order valence-corrected chi connectivity index (χ1v) is 10.5. The minimum absolute atomic E-state index is 0.100. The Labute approximate surface area is 181 Å². The number of aryl methyl sites for hydroxylation is 1. The quantitative estimate of drug-likeness (QED) is 0.687. The number of carbonyl (C=O) groups is 2. The van der Waals surface area contributed by atoms with Crippen molar-refractivity contribution in [2.24, 2.45) is 7.05 Å². The van der Waals surface area contributed by atoms with Crippen LogP contribution in [0.4, 0.5) is 10.5 Å². The molecule has 4 rings (SSSR count). The molecule has 2 heterocycles. The lowest BCUT2D eigenvalue weighted by molar-refractivity contribution is -0.130. The Balaban J connectivity index is 1.37. The van der Waals surface area contributed by atoms with Crippen LogP contribution in [0.25, 0.3) is 10.9 Å². The minimum Gasteiger partial charge on any atom is -0.350 e. The summed E-state index contributed by atoms with van der Waals surface area (Å²) in [4.78, 5) is 29.2. The normalized spacial score (nSPS) is 14.6. The number of hydrogen-bond acceptors (Lipinski definition) is 2. The van der Waals surface area contributed by atoms with Crippen molar-refractivity contribution in [1.82, 2.24) is 14.4 Å². The predicted octanol–water partition coefficient (Wildman–Crippen LogP) is 4.14. The molecule has 0 atom stereocenters. The predicted molar refractivity (Wildman–Crippen MR) is 120 cm³/mol. The van der Waals surface area contributed by atoms with Crippen molar-refractivity contribution in [2.45, 2.75) is 12.8 Å². The van der Waals surface area contributed by atoms with Crippen molar-refractivity contribution in [1.29, 1.82) is 0 Å². The monoisotopic (exact) mass is 424 g/mol. The molecule has 1 N–H and O–H groups in total. The Bertz CT molecular complexity index is 1080. The first kappa shape index (κ1) is 20.3. The van der Waals surface area contributed by atoms with Crippen LogP contribution in [0.5, 0.6) is 0 Å². The SMILES string of the molecule is Cn1cc(CC(=O)N2CCCN(C(=O)Nc3cccc(Cl)c3)CC2)c2ccccc21. The van der Waals surface area contributed by atoms with E-state index in [1.807, 2.05) is 36.3 Å². The molecule has 7 heteroatoms. The third kappa shape index (κ3) is 4.44. The van der Waals surface area contributed by atoms with Crippen molar-refractivity contribution in [3.8, 4) is 0 Å². The van der Waals surface area contributed by atoms with Gasteiger partial charge in [0.05, 0.1) is 6.42 Å². The lowest BCUT2D eigenvalue weighted by Crippen LogP contribution is -2.39. The van der Waals surface area contributed by atoms with Crippen molar-refractivity contribution < 1.29 is 9.59 Å². The number of rotatable bonds is 3. The number of benzene rings is 2. The number of nitrogens with one attached hydrogen (secondary N) is 1. The Morgan fingerprint density at radius 2 is 1.77 bits per heavy atom. The van der Waals surface area contributed by atoms with Crippen LogP contribution >= 0.6 is 11.6 Å². The summed E-state index contributed by atoms with van der Waals surface area (Å²) in [6.07, 6.45) is 3.16. The maximum Gasteiger partial charge on any atom is 0.321 e. The highest BCUT2D eigenvalue weighted by molar-refractivity contribution is 6.30. The molecular formula is C23H25ClN4O2. The second-order valence-electron chi connectivity index (χ2n) is 7.62. The highest BCUT2D eigenvalue weighted by atomic mass is 35.5. The van der Waals surface area contributed by atoms with Crippen LogP contribution in [0.1, 0.15) is 12.0 Å². The smallest absolute Gasteiger partial charge is 0.321 e. The van der Waals surface area contributed by atoms with Gasteiger partial charge in [-0.1, -0.05) is 35.9 Å². The second kappa shape index (κ2) is 8.79. The number of carbonyl (C=O) groups excluding carboxylic acids is 2. The lowest BCUT2D eigenvalue weighted by Gasteiger charge is -2.22. The molecular weight excluding hydrogens is 400 g/mol. The van der Waals surface area contributed by atoms with E-state index in [4.69, 9.17) is 11.6 Å². The average Bonchev–Trinajstić information content (AvgIpc) is 2.91. The molecule has 3 amide bonds. The van der Waals surface area contributed by atoms with Crippen molar-refractivity contribution in [3.05, 3.63) is 65.3 Å². The number of fused-ring (bicyclic) bond motifs is 1. The van der Waals surface area contributed by atoms with Gasteiger partial charge >= 0.3 is 6.03 Å². The zero-order chi connectivity index (χ0) is 21.1. The molecule has 0 bridgehead atoms. The van der Waals surface area contributed by atoms with Gasteiger partial charge in [-0.05, 0) is 36.2 Å². The molecule has 1 saturated heterocycles. The van der Waals surface area contributed by atoms with Crippen molar-refractivity contribution >= 4 is 40.1 Å². The van der Waals surface area contributed by atoms with Crippen LogP contribution in [0.15, 0.2) is 54.7 Å². The number of nitrogens with zero attached hydrogens (tertiary/aromatic N) is 3. The molecule has 1 fully saturated rings. The molecule has 0 radical (unpaired) electrons. The molecule has 30 heavy (non-hydrogen) atoms. The highest BCUT2D eigenvalue weighted by Crippen LogP contribution is 2.21. The molecule has 1 aliphatic rings. The average molecular weight is 425 g/mol. The van der Waals surface area contributed by atoms with Gasteiger partial charge < -0.3 is 19.7 Å². The van der Waals surface area contributed by atoms with Gasteiger partial charge in [0, 0.05) is 61.0 Å². The zero-order valence-electron chi connectivity index (χ0n) is 17.0. The van der Waals surface area contributed by atoms with E-state index in [9.17, 15) is 9.59 Å². The first-order valence-electron chi connectivity index (χ1n) is 10.1. The topological polar surface area (TPSA) is 57.6 Å². The number of para-hydroxylation sites is 1. The summed E-state index contributed by atoms with van der Waals surface area (Å²) >= 11 is 5.99. The van der Waals surface area contributed by atoms with E-state index in [1.54, 1.807) is 23.1 Å². The summed E-state index contributed by atoms with van der Waals surface area (Å²) < 4.78 is 2.06. The van der Waals surface area contributed by atoms with Gasteiger partial charge in [0.25, 0.3) is 0 Å². The van der Waals surface area contributed by atoms with Crippen LogP contribution in [0.3, 0.4) is 0 Å². The Morgan fingerprint density at radius 1 is 1.00 bits per heavy atom. The highest BCUT2D eigenvalue weighted by Gasteiger charge is 2.23. The lowest BCUT2D eigenvalue weighted by atomic mass is 10.1. The van der Waals surface area contributed by atoms with Crippen LogP contribution in [-0.4, -0.2) is 52.5 Å². The summed E-state index contributed by atoms with van der Waals surface area (Å²) in [5.74, 6) is 0.100. The van der Waals surface area contributed by atoms with Gasteiger partial charge in [-0.25, -0.2) is 4.79 Å². The van der Waals surface area contributed by atoms with Crippen LogP contribution in [0.2, 0.25) is 5.02 Å². The van der Waals surface area contributed by atoms with Gasteiger partial charge in [0.15, 0.2) is 0 Å². The fourth-order valence-corrected chi connectivity index (χ4v) is 4.17. The van der Waals surface area contributed by atoms with Crippen LogP contribution in [-0.2, 0) is 18.3 Å². The number of amides is 3. The minimum atomic E-state index is -0.166. The van der Waals surface area contributed by atoms with Crippen molar-refractivity contribution in [3.63, 3.8) is 0 Å². The molecule has 0 spiro atoms. The van der Waals surface area contributed by atoms with E-state index in [0.29, 0.717) is 43.3 Å². The summed E-state index contributed by atoms with van der Waals surface area (Å²) in [6, 6.07) is 15.1. The molecule has 156 valence electrons. The molecule has 0 aliphatic carbocycles. The van der Waals surface area contributed by atoms with Crippen molar-refractivity contribution in [2.75, 3.05) is 31.5 Å². The maximum absolute atomic E-state index is 13.0. The summed E-state index contributed by atoms with van der Waals surface area (Å²) in [7, 11) is 2.00. The molecule has 0 unspecified atom stereocenters. The van der Waals surface area contributed by atoms with Gasteiger partial charge in [0.1, 0.15) is 0 Å².